The van der Waals surface area contributed by atoms with E-state index in [1.54, 1.807) is 12.1 Å². The van der Waals surface area contributed by atoms with Crippen molar-refractivity contribution < 1.29 is 14.3 Å². The maximum absolute atomic E-state index is 11.4. The lowest BCUT2D eigenvalue weighted by Crippen LogP contribution is -2.15. The third kappa shape index (κ3) is 3.06. The van der Waals surface area contributed by atoms with Crippen LogP contribution in [0.15, 0.2) is 18.2 Å². The van der Waals surface area contributed by atoms with Gasteiger partial charge in [0.25, 0.3) is 0 Å². The first-order valence-corrected chi connectivity index (χ1v) is 5.33. The van der Waals surface area contributed by atoms with Crippen LogP contribution in [-0.2, 0) is 14.9 Å². The minimum absolute atomic E-state index is 0.111. The number of carbonyl (C=O) groups is 2. The smallest absolute Gasteiger partial charge is 0.337 e. The van der Waals surface area contributed by atoms with E-state index in [1.807, 2.05) is 26.8 Å². The number of benzene rings is 1. The molecule has 1 aromatic rings. The molecule has 0 saturated heterocycles. The molecule has 0 saturated carbocycles. The van der Waals surface area contributed by atoms with Gasteiger partial charge >= 0.3 is 5.97 Å². The Kier molecular flexibility index (Phi) is 3.89. The molecule has 0 aliphatic carbocycles. The Morgan fingerprint density at radius 1 is 1.35 bits per heavy atom. The van der Waals surface area contributed by atoms with E-state index in [1.165, 1.54) is 7.11 Å². The molecule has 17 heavy (non-hydrogen) atoms. The number of ether oxygens (including phenoxy) is 1. The minimum Gasteiger partial charge on any atom is -0.465 e. The van der Waals surface area contributed by atoms with Gasteiger partial charge in [-0.25, -0.2) is 4.79 Å². The van der Waals surface area contributed by atoms with Crippen LogP contribution in [-0.4, -0.2) is 19.5 Å². The normalized spacial score (nSPS) is 10.8. The van der Waals surface area contributed by atoms with E-state index < -0.39 is 5.97 Å². The molecule has 92 valence electrons. The zero-order valence-electron chi connectivity index (χ0n) is 10.5. The highest BCUT2D eigenvalue weighted by Crippen LogP contribution is 2.30. The molecule has 1 rings (SSSR count). The average Bonchev–Trinajstić information content (AvgIpc) is 2.27. The standard InChI is InChI=1S/C13H17NO3/c1-13(2,3)10-6-5-9(12(16)17-4)7-11(10)14-8-15/h5-8H,1-4H3,(H,14,15). The molecule has 4 nitrogen and oxygen atoms in total. The maximum Gasteiger partial charge on any atom is 0.337 e. The molecule has 0 radical (unpaired) electrons. The van der Waals surface area contributed by atoms with Gasteiger partial charge in [-0.2, -0.15) is 0 Å². The Labute approximate surface area is 101 Å². The second kappa shape index (κ2) is 4.99. The van der Waals surface area contributed by atoms with Crippen LogP contribution in [0.5, 0.6) is 0 Å². The van der Waals surface area contributed by atoms with Crippen molar-refractivity contribution in [3.05, 3.63) is 29.3 Å². The van der Waals surface area contributed by atoms with E-state index in [0.29, 0.717) is 17.7 Å². The summed E-state index contributed by atoms with van der Waals surface area (Å²) in [7, 11) is 1.33. The van der Waals surface area contributed by atoms with Crippen LogP contribution in [0.3, 0.4) is 0 Å². The zero-order chi connectivity index (χ0) is 13.1. The molecule has 0 fully saturated rings. The quantitative estimate of drug-likeness (QED) is 0.646. The minimum atomic E-state index is -0.417. The van der Waals surface area contributed by atoms with Crippen molar-refractivity contribution in [3.8, 4) is 0 Å². The van der Waals surface area contributed by atoms with Gasteiger partial charge in [-0.15, -0.1) is 0 Å². The van der Waals surface area contributed by atoms with E-state index >= 15 is 0 Å². The fourth-order valence-corrected chi connectivity index (χ4v) is 1.63. The van der Waals surface area contributed by atoms with Crippen molar-refractivity contribution in [2.24, 2.45) is 0 Å². The van der Waals surface area contributed by atoms with Crippen molar-refractivity contribution in [3.63, 3.8) is 0 Å². The van der Waals surface area contributed by atoms with Crippen LogP contribution in [0, 0.1) is 0 Å². The molecule has 4 heteroatoms. The van der Waals surface area contributed by atoms with Crippen LogP contribution in [0.1, 0.15) is 36.7 Å². The summed E-state index contributed by atoms with van der Waals surface area (Å²) in [5, 5.41) is 2.61. The van der Waals surface area contributed by atoms with Gasteiger partial charge in [0, 0.05) is 5.69 Å². The number of carbonyl (C=O) groups excluding carboxylic acids is 2. The number of hydrogen-bond donors (Lipinski definition) is 1. The van der Waals surface area contributed by atoms with E-state index in [-0.39, 0.29) is 5.41 Å². The lowest BCUT2D eigenvalue weighted by Gasteiger charge is -2.22. The highest BCUT2D eigenvalue weighted by molar-refractivity contribution is 5.91. The fraction of sp³-hybridized carbons (Fsp3) is 0.385. The van der Waals surface area contributed by atoms with Crippen LogP contribution in [0.2, 0.25) is 0 Å². The Bertz CT molecular complexity index is 433. The molecule has 0 aliphatic rings. The topological polar surface area (TPSA) is 55.4 Å². The van der Waals surface area contributed by atoms with Crippen molar-refractivity contribution in [2.75, 3.05) is 12.4 Å². The zero-order valence-corrected chi connectivity index (χ0v) is 10.5. The second-order valence-corrected chi connectivity index (χ2v) is 4.76. The van der Waals surface area contributed by atoms with E-state index in [9.17, 15) is 9.59 Å². The first-order valence-electron chi connectivity index (χ1n) is 5.33. The Hall–Kier alpha value is -1.84. The molecule has 0 aliphatic heterocycles. The van der Waals surface area contributed by atoms with Gasteiger partial charge in [-0.3, -0.25) is 4.79 Å². The van der Waals surface area contributed by atoms with Gasteiger partial charge in [0.15, 0.2) is 0 Å². The predicted molar refractivity (Wildman–Crippen MR) is 66.2 cm³/mol. The average molecular weight is 235 g/mol. The highest BCUT2D eigenvalue weighted by Gasteiger charge is 2.19. The summed E-state index contributed by atoms with van der Waals surface area (Å²) in [4.78, 5) is 22.0. The Morgan fingerprint density at radius 2 is 2.00 bits per heavy atom. The predicted octanol–water partition coefficient (Wildman–Crippen LogP) is 2.34. The summed E-state index contributed by atoms with van der Waals surface area (Å²) in [6.07, 6.45) is 0.603. The number of nitrogens with one attached hydrogen (secondary N) is 1. The molecule has 1 amide bonds. The van der Waals surface area contributed by atoms with Crippen LogP contribution in [0.25, 0.3) is 0 Å². The van der Waals surface area contributed by atoms with Crippen molar-refractivity contribution in [1.82, 2.24) is 0 Å². The van der Waals surface area contributed by atoms with Gasteiger partial charge in [-0.05, 0) is 23.1 Å². The molecule has 0 aromatic heterocycles. The molecule has 1 N–H and O–H groups in total. The van der Waals surface area contributed by atoms with Crippen molar-refractivity contribution in [2.45, 2.75) is 26.2 Å². The molecule has 1 aromatic carbocycles. The number of esters is 1. The van der Waals surface area contributed by atoms with Gasteiger partial charge in [0.05, 0.1) is 12.7 Å². The Balaban J connectivity index is 3.26. The number of methoxy groups -OCH3 is 1. The van der Waals surface area contributed by atoms with Gasteiger partial charge in [0.2, 0.25) is 6.41 Å². The monoisotopic (exact) mass is 235 g/mol. The van der Waals surface area contributed by atoms with Gasteiger partial charge in [-0.1, -0.05) is 26.8 Å². The number of amides is 1. The molecule has 0 bridgehead atoms. The lowest BCUT2D eigenvalue weighted by atomic mass is 9.85. The van der Waals surface area contributed by atoms with Gasteiger partial charge < -0.3 is 10.1 Å². The van der Waals surface area contributed by atoms with E-state index in [0.717, 1.165) is 5.56 Å². The fourth-order valence-electron chi connectivity index (χ4n) is 1.63. The number of anilines is 1. The number of hydrogen-bond acceptors (Lipinski definition) is 3. The molecule has 0 unspecified atom stereocenters. The summed E-state index contributed by atoms with van der Waals surface area (Å²) in [5.41, 5.74) is 1.91. The van der Waals surface area contributed by atoms with Crippen LogP contribution >= 0.6 is 0 Å². The third-order valence-corrected chi connectivity index (χ3v) is 2.46. The second-order valence-electron chi connectivity index (χ2n) is 4.76. The molecule has 0 heterocycles. The summed E-state index contributed by atoms with van der Waals surface area (Å²) in [6.45, 7) is 6.11. The third-order valence-electron chi connectivity index (χ3n) is 2.46. The van der Waals surface area contributed by atoms with Crippen molar-refractivity contribution in [1.29, 1.82) is 0 Å². The summed E-state index contributed by atoms with van der Waals surface area (Å²) >= 11 is 0. The van der Waals surface area contributed by atoms with E-state index in [4.69, 9.17) is 0 Å². The Morgan fingerprint density at radius 3 is 2.47 bits per heavy atom. The maximum atomic E-state index is 11.4. The van der Waals surface area contributed by atoms with E-state index in [2.05, 4.69) is 10.1 Å². The van der Waals surface area contributed by atoms with Crippen molar-refractivity contribution >= 4 is 18.1 Å². The summed E-state index contributed by atoms with van der Waals surface area (Å²) in [6, 6.07) is 5.15. The van der Waals surface area contributed by atoms with Crippen LogP contribution in [0.4, 0.5) is 5.69 Å². The van der Waals surface area contributed by atoms with Gasteiger partial charge in [0.1, 0.15) is 0 Å². The largest absolute Gasteiger partial charge is 0.465 e. The SMILES string of the molecule is COC(=O)c1ccc(C(C)(C)C)c(NC=O)c1. The first kappa shape index (κ1) is 13.2. The summed E-state index contributed by atoms with van der Waals surface area (Å²) < 4.78 is 4.64. The van der Waals surface area contributed by atoms with Crippen LogP contribution < -0.4 is 5.32 Å². The molecule has 0 atom stereocenters. The highest BCUT2D eigenvalue weighted by atomic mass is 16.5. The number of rotatable bonds is 3. The molecule has 0 spiro atoms. The molecular formula is C13H17NO3. The lowest BCUT2D eigenvalue weighted by molar-refractivity contribution is -0.105. The molecular weight excluding hydrogens is 218 g/mol. The summed E-state index contributed by atoms with van der Waals surface area (Å²) in [5.74, 6) is -0.417. The first-order chi connectivity index (χ1) is 7.90.